The molecule has 1 heteroatoms. The van der Waals surface area contributed by atoms with Gasteiger partial charge in [-0.2, -0.15) is 0 Å². The van der Waals surface area contributed by atoms with Gasteiger partial charge in [-0.25, -0.2) is 0 Å². The van der Waals surface area contributed by atoms with Gasteiger partial charge in [-0.15, -0.1) is 0 Å². The summed E-state index contributed by atoms with van der Waals surface area (Å²) < 4.78 is 0. The van der Waals surface area contributed by atoms with Crippen LogP contribution in [0.1, 0.15) is 117 Å². The lowest BCUT2D eigenvalue weighted by atomic mass is 9.43. The van der Waals surface area contributed by atoms with Crippen LogP contribution in [0.5, 0.6) is 0 Å². The summed E-state index contributed by atoms with van der Waals surface area (Å²) in [6.07, 6.45) is 15.6. The van der Waals surface area contributed by atoms with E-state index in [1.54, 1.807) is 0 Å². The number of hydrogen-bond acceptors (Lipinski definition) is 1. The second kappa shape index (κ2) is 10.1. The number of fused-ring (bicyclic) bond motifs is 5. The van der Waals surface area contributed by atoms with Crippen molar-refractivity contribution < 1.29 is 5.11 Å². The molecule has 4 aliphatic rings. The van der Waals surface area contributed by atoms with E-state index in [4.69, 9.17) is 0 Å². The molecule has 198 valence electrons. The fourth-order valence-corrected chi connectivity index (χ4v) is 10.1. The summed E-state index contributed by atoms with van der Waals surface area (Å²) in [4.78, 5) is 0. The van der Waals surface area contributed by atoms with Crippen LogP contribution in [0.25, 0.3) is 0 Å². The lowest BCUT2D eigenvalue weighted by Crippen LogP contribution is -2.55. The molecule has 1 N–H and O–H groups in total. The first-order chi connectivity index (χ1) is 17.1. The maximum Gasteiger partial charge on any atom is 0.126 e. The zero-order chi connectivity index (χ0) is 25.6. The molecule has 4 aliphatic carbocycles. The quantitative estimate of drug-likeness (QED) is 0.410. The van der Waals surface area contributed by atoms with Crippen molar-refractivity contribution in [3.05, 3.63) is 35.9 Å². The minimum Gasteiger partial charge on any atom is -0.378 e. The molecular formula is C35H52O. The van der Waals surface area contributed by atoms with Gasteiger partial charge in [0.1, 0.15) is 5.60 Å². The minimum atomic E-state index is -0.806. The first-order valence-electron chi connectivity index (χ1n) is 15.5. The van der Waals surface area contributed by atoms with E-state index >= 15 is 0 Å². The number of rotatable bonds is 5. The Bertz CT molecular complexity index is 954. The molecule has 0 amide bonds. The summed E-state index contributed by atoms with van der Waals surface area (Å²) in [6, 6.07) is 10.2. The van der Waals surface area contributed by atoms with Gasteiger partial charge in [-0.1, -0.05) is 83.9 Å². The monoisotopic (exact) mass is 488 g/mol. The van der Waals surface area contributed by atoms with Crippen LogP contribution in [0.15, 0.2) is 30.3 Å². The van der Waals surface area contributed by atoms with Crippen molar-refractivity contribution in [3.8, 4) is 11.8 Å². The number of hydrogen-bond donors (Lipinski definition) is 1. The molecule has 4 saturated carbocycles. The highest BCUT2D eigenvalue weighted by Crippen LogP contribution is 2.68. The molecule has 1 aromatic rings. The van der Waals surface area contributed by atoms with Gasteiger partial charge in [-0.05, 0) is 122 Å². The van der Waals surface area contributed by atoms with E-state index in [0.29, 0.717) is 16.7 Å². The fraction of sp³-hybridized carbons (Fsp3) is 0.771. The average Bonchev–Trinajstić information content (AvgIpc) is 3.21. The molecular weight excluding hydrogens is 436 g/mol. The van der Waals surface area contributed by atoms with Crippen molar-refractivity contribution in [2.24, 2.45) is 52.3 Å². The molecule has 0 saturated heterocycles. The van der Waals surface area contributed by atoms with E-state index in [9.17, 15) is 5.11 Å². The summed E-state index contributed by atoms with van der Waals surface area (Å²) in [6.45, 7) is 12.6. The van der Waals surface area contributed by atoms with Crippen LogP contribution in [0.2, 0.25) is 0 Å². The zero-order valence-corrected chi connectivity index (χ0v) is 23.9. The Morgan fingerprint density at radius 2 is 1.61 bits per heavy atom. The van der Waals surface area contributed by atoms with E-state index in [1.807, 2.05) is 30.3 Å². The van der Waals surface area contributed by atoms with E-state index in [2.05, 4.69) is 46.5 Å². The summed E-state index contributed by atoms with van der Waals surface area (Å²) in [5, 5.41) is 11.5. The van der Waals surface area contributed by atoms with E-state index < -0.39 is 5.60 Å². The van der Waals surface area contributed by atoms with Gasteiger partial charge in [0.25, 0.3) is 0 Å². The molecule has 5 rings (SSSR count). The molecule has 36 heavy (non-hydrogen) atoms. The average molecular weight is 489 g/mol. The topological polar surface area (TPSA) is 20.2 Å². The third-order valence-corrected chi connectivity index (χ3v) is 12.1. The Morgan fingerprint density at radius 1 is 0.861 bits per heavy atom. The fourth-order valence-electron chi connectivity index (χ4n) is 10.1. The third-order valence-electron chi connectivity index (χ3n) is 12.1. The lowest BCUT2D eigenvalue weighted by Gasteiger charge is -2.62. The maximum atomic E-state index is 11.5. The normalized spacial score (nSPS) is 42.6. The molecule has 1 aromatic carbocycles. The molecule has 0 aliphatic heterocycles. The van der Waals surface area contributed by atoms with Crippen molar-refractivity contribution in [1.29, 1.82) is 0 Å². The van der Waals surface area contributed by atoms with Crippen LogP contribution < -0.4 is 0 Å². The molecule has 0 aromatic heterocycles. The van der Waals surface area contributed by atoms with Gasteiger partial charge in [0.15, 0.2) is 0 Å². The predicted octanol–water partition coefficient (Wildman–Crippen LogP) is 8.89. The summed E-state index contributed by atoms with van der Waals surface area (Å²) >= 11 is 0. The van der Waals surface area contributed by atoms with Crippen LogP contribution in [-0.2, 0) is 0 Å². The lowest BCUT2D eigenvalue weighted by molar-refractivity contribution is -0.140. The van der Waals surface area contributed by atoms with Crippen LogP contribution in [0.3, 0.4) is 0 Å². The smallest absolute Gasteiger partial charge is 0.126 e. The van der Waals surface area contributed by atoms with Crippen molar-refractivity contribution >= 4 is 0 Å². The van der Waals surface area contributed by atoms with Crippen LogP contribution in [0.4, 0.5) is 0 Å². The number of benzene rings is 1. The van der Waals surface area contributed by atoms with E-state index in [0.717, 1.165) is 60.3 Å². The highest BCUT2D eigenvalue weighted by Gasteiger charge is 2.61. The standard InChI is InChI=1S/C35H52O/c1-25(2)10-9-11-26(3)30-16-17-31-29-15-14-28-24-35(36,21-18-27-12-7-6-8-13-27)23-22-33(28,4)32(29)19-20-34(30,31)5/h6-8,12-13,25-26,28-32,36H,9-11,14-17,19-20,22-24H2,1-5H3/t26-,28+,29+,30+,31+,32-,33-,34+,35+/m0/s1. The Hall–Kier alpha value is -1.26. The van der Waals surface area contributed by atoms with Gasteiger partial charge in [-0.3, -0.25) is 0 Å². The van der Waals surface area contributed by atoms with E-state index in [1.165, 1.54) is 57.8 Å². The molecule has 1 nitrogen and oxygen atoms in total. The van der Waals surface area contributed by atoms with Crippen molar-refractivity contribution in [2.45, 2.75) is 117 Å². The molecule has 0 radical (unpaired) electrons. The Morgan fingerprint density at radius 3 is 2.36 bits per heavy atom. The second-order valence-corrected chi connectivity index (χ2v) is 14.5. The summed E-state index contributed by atoms with van der Waals surface area (Å²) in [5.74, 6) is 12.6. The molecule has 0 unspecified atom stereocenters. The first kappa shape index (κ1) is 26.4. The SMILES string of the molecule is CC(C)CCC[C@H](C)[C@H]1CC[C@@H]2[C@H]3CC[C@@H]4C[C@@](O)(C#Cc5ccccc5)CC[C@]4(C)[C@H]3CC[C@@]21C. The number of aliphatic hydroxyl groups is 1. The summed E-state index contributed by atoms with van der Waals surface area (Å²) in [5.41, 5.74) is 1.17. The van der Waals surface area contributed by atoms with Crippen LogP contribution >= 0.6 is 0 Å². The second-order valence-electron chi connectivity index (χ2n) is 14.5. The van der Waals surface area contributed by atoms with Crippen molar-refractivity contribution in [1.82, 2.24) is 0 Å². The third kappa shape index (κ3) is 4.82. The van der Waals surface area contributed by atoms with Gasteiger partial charge >= 0.3 is 0 Å². The van der Waals surface area contributed by atoms with Crippen LogP contribution in [-0.4, -0.2) is 10.7 Å². The zero-order valence-electron chi connectivity index (χ0n) is 23.9. The molecule has 0 heterocycles. The highest BCUT2D eigenvalue weighted by molar-refractivity contribution is 5.36. The van der Waals surface area contributed by atoms with E-state index in [-0.39, 0.29) is 0 Å². The first-order valence-corrected chi connectivity index (χ1v) is 15.5. The Balaban J connectivity index is 1.27. The molecule has 0 spiro atoms. The minimum absolute atomic E-state index is 0.395. The van der Waals surface area contributed by atoms with Gasteiger partial charge < -0.3 is 5.11 Å². The highest BCUT2D eigenvalue weighted by atomic mass is 16.3. The Kier molecular flexibility index (Phi) is 7.42. The molecule has 4 fully saturated rings. The largest absolute Gasteiger partial charge is 0.378 e. The van der Waals surface area contributed by atoms with Gasteiger partial charge in [0.05, 0.1) is 0 Å². The Labute approximate surface area is 222 Å². The van der Waals surface area contributed by atoms with Gasteiger partial charge in [0, 0.05) is 5.56 Å². The predicted molar refractivity (Wildman–Crippen MR) is 151 cm³/mol. The maximum absolute atomic E-state index is 11.5. The molecule has 0 bridgehead atoms. The molecule has 9 atom stereocenters. The van der Waals surface area contributed by atoms with Crippen molar-refractivity contribution in [3.63, 3.8) is 0 Å². The van der Waals surface area contributed by atoms with Crippen LogP contribution in [0, 0.1) is 64.1 Å². The van der Waals surface area contributed by atoms with Crippen molar-refractivity contribution in [2.75, 3.05) is 0 Å². The van der Waals surface area contributed by atoms with Gasteiger partial charge in [0.2, 0.25) is 0 Å². The summed E-state index contributed by atoms with van der Waals surface area (Å²) in [7, 11) is 0.